The van der Waals surface area contributed by atoms with Crippen molar-refractivity contribution in [3.05, 3.63) is 59.2 Å². The van der Waals surface area contributed by atoms with Crippen LogP contribution in [-0.4, -0.2) is 17.6 Å². The van der Waals surface area contributed by atoms with Crippen molar-refractivity contribution >= 4 is 11.6 Å². The number of hydrogen-bond acceptors (Lipinski definition) is 3. The van der Waals surface area contributed by atoms with Crippen LogP contribution in [0.3, 0.4) is 0 Å². The topological polar surface area (TPSA) is 75.4 Å². The maximum Gasteiger partial charge on any atom is 0.253 e. The summed E-state index contributed by atoms with van der Waals surface area (Å²) < 4.78 is 0. The molecule has 4 heteroatoms. The van der Waals surface area contributed by atoms with Gasteiger partial charge in [0.05, 0.1) is 5.56 Å². The van der Waals surface area contributed by atoms with Gasteiger partial charge in [-0.2, -0.15) is 0 Å². The van der Waals surface area contributed by atoms with Crippen LogP contribution in [0, 0.1) is 6.92 Å². The van der Waals surface area contributed by atoms with Gasteiger partial charge < -0.3 is 16.2 Å². The second-order valence-electron chi connectivity index (χ2n) is 4.76. The van der Waals surface area contributed by atoms with Crippen LogP contribution in [0.4, 0.5) is 5.69 Å². The Morgan fingerprint density at radius 2 is 1.90 bits per heavy atom. The van der Waals surface area contributed by atoms with Crippen molar-refractivity contribution in [3.63, 3.8) is 0 Å². The van der Waals surface area contributed by atoms with Gasteiger partial charge in [0.15, 0.2) is 0 Å². The molecule has 0 bridgehead atoms. The molecule has 0 saturated heterocycles. The molecule has 0 aliphatic carbocycles. The van der Waals surface area contributed by atoms with Crippen LogP contribution in [0.1, 0.15) is 21.5 Å². The predicted octanol–water partition coefficient (Wildman–Crippen LogP) is 2.26. The van der Waals surface area contributed by atoms with Gasteiger partial charge in [-0.25, -0.2) is 0 Å². The lowest BCUT2D eigenvalue weighted by Crippen LogP contribution is -2.26. The smallest absolute Gasteiger partial charge is 0.253 e. The van der Waals surface area contributed by atoms with E-state index in [0.29, 0.717) is 24.2 Å². The summed E-state index contributed by atoms with van der Waals surface area (Å²) in [6, 6.07) is 12.3. The first-order chi connectivity index (χ1) is 9.56. The number of phenols is 1. The second kappa shape index (κ2) is 6.10. The minimum atomic E-state index is -0.162. The SMILES string of the molecule is Cc1ccc(N)c(C(=O)NCCc2ccc(O)cc2)c1. The lowest BCUT2D eigenvalue weighted by molar-refractivity contribution is 0.0955. The van der Waals surface area contributed by atoms with E-state index in [1.807, 2.05) is 25.1 Å². The van der Waals surface area contributed by atoms with Crippen LogP contribution in [0.15, 0.2) is 42.5 Å². The van der Waals surface area contributed by atoms with Crippen molar-refractivity contribution in [1.82, 2.24) is 5.32 Å². The van der Waals surface area contributed by atoms with Gasteiger partial charge in [0.1, 0.15) is 5.75 Å². The monoisotopic (exact) mass is 270 g/mol. The first kappa shape index (κ1) is 13.9. The van der Waals surface area contributed by atoms with E-state index in [0.717, 1.165) is 11.1 Å². The van der Waals surface area contributed by atoms with Crippen LogP contribution in [0.5, 0.6) is 5.75 Å². The molecular formula is C16H18N2O2. The number of nitrogen functional groups attached to an aromatic ring is 1. The third kappa shape index (κ3) is 3.51. The highest BCUT2D eigenvalue weighted by Gasteiger charge is 2.09. The van der Waals surface area contributed by atoms with Crippen molar-refractivity contribution in [1.29, 1.82) is 0 Å². The maximum atomic E-state index is 12.0. The van der Waals surface area contributed by atoms with Crippen LogP contribution >= 0.6 is 0 Å². The van der Waals surface area contributed by atoms with Crippen LogP contribution in [0.25, 0.3) is 0 Å². The van der Waals surface area contributed by atoms with E-state index in [4.69, 9.17) is 5.73 Å². The molecule has 0 aromatic heterocycles. The Bertz CT molecular complexity index is 606. The minimum absolute atomic E-state index is 0.162. The van der Waals surface area contributed by atoms with E-state index in [9.17, 15) is 9.90 Å². The average Bonchev–Trinajstić information content (AvgIpc) is 2.43. The number of carbonyl (C=O) groups is 1. The molecule has 0 atom stereocenters. The molecule has 0 radical (unpaired) electrons. The van der Waals surface area contributed by atoms with Gasteiger partial charge in [-0.3, -0.25) is 4.79 Å². The van der Waals surface area contributed by atoms with Gasteiger partial charge in [0.25, 0.3) is 5.91 Å². The van der Waals surface area contributed by atoms with E-state index in [2.05, 4.69) is 5.32 Å². The van der Waals surface area contributed by atoms with Crippen molar-refractivity contribution < 1.29 is 9.90 Å². The number of aromatic hydroxyl groups is 1. The first-order valence-corrected chi connectivity index (χ1v) is 6.48. The molecule has 2 rings (SSSR count). The zero-order chi connectivity index (χ0) is 14.5. The fourth-order valence-corrected chi connectivity index (χ4v) is 1.94. The number of nitrogens with one attached hydrogen (secondary N) is 1. The van der Waals surface area contributed by atoms with E-state index < -0.39 is 0 Å². The molecule has 0 unspecified atom stereocenters. The Labute approximate surface area is 118 Å². The number of rotatable bonds is 4. The summed E-state index contributed by atoms with van der Waals surface area (Å²) in [5.41, 5.74) is 8.85. The van der Waals surface area contributed by atoms with Crippen molar-refractivity contribution in [2.45, 2.75) is 13.3 Å². The third-order valence-corrected chi connectivity index (χ3v) is 3.09. The number of hydrogen-bond donors (Lipinski definition) is 3. The van der Waals surface area contributed by atoms with E-state index in [1.54, 1.807) is 24.3 Å². The van der Waals surface area contributed by atoms with Gasteiger partial charge in [-0.1, -0.05) is 23.8 Å². The van der Waals surface area contributed by atoms with Crippen LogP contribution in [0.2, 0.25) is 0 Å². The fourth-order valence-electron chi connectivity index (χ4n) is 1.94. The summed E-state index contributed by atoms with van der Waals surface area (Å²) in [7, 11) is 0. The number of carbonyl (C=O) groups excluding carboxylic acids is 1. The molecule has 4 N–H and O–H groups in total. The van der Waals surface area contributed by atoms with Crippen molar-refractivity contribution in [3.8, 4) is 5.75 Å². The Morgan fingerprint density at radius 3 is 2.60 bits per heavy atom. The zero-order valence-electron chi connectivity index (χ0n) is 11.4. The lowest BCUT2D eigenvalue weighted by atomic mass is 10.1. The highest BCUT2D eigenvalue weighted by molar-refractivity contribution is 5.99. The molecule has 1 amide bonds. The Balaban J connectivity index is 1.92. The summed E-state index contributed by atoms with van der Waals surface area (Å²) in [4.78, 5) is 12.0. The molecule has 0 saturated carbocycles. The Kier molecular flexibility index (Phi) is 4.25. The van der Waals surface area contributed by atoms with Gasteiger partial charge in [0, 0.05) is 12.2 Å². The Hall–Kier alpha value is -2.49. The maximum absolute atomic E-state index is 12.0. The largest absolute Gasteiger partial charge is 0.508 e. The highest BCUT2D eigenvalue weighted by Crippen LogP contribution is 2.13. The summed E-state index contributed by atoms with van der Waals surface area (Å²) in [6.07, 6.45) is 0.706. The van der Waals surface area contributed by atoms with E-state index in [1.165, 1.54) is 0 Å². The molecule has 0 aliphatic rings. The van der Waals surface area contributed by atoms with Gasteiger partial charge >= 0.3 is 0 Å². The number of amides is 1. The van der Waals surface area contributed by atoms with Crippen LogP contribution < -0.4 is 11.1 Å². The molecular weight excluding hydrogens is 252 g/mol. The first-order valence-electron chi connectivity index (χ1n) is 6.48. The number of nitrogens with two attached hydrogens (primary N) is 1. The van der Waals surface area contributed by atoms with Crippen molar-refractivity contribution in [2.75, 3.05) is 12.3 Å². The number of aryl methyl sites for hydroxylation is 1. The molecule has 0 aliphatic heterocycles. The highest BCUT2D eigenvalue weighted by atomic mass is 16.3. The lowest BCUT2D eigenvalue weighted by Gasteiger charge is -2.08. The number of benzene rings is 2. The number of phenolic OH excluding ortho intramolecular Hbond substituents is 1. The standard InChI is InChI=1S/C16H18N2O2/c1-11-2-7-15(17)14(10-11)16(20)18-9-8-12-3-5-13(19)6-4-12/h2-7,10,19H,8-9,17H2,1H3,(H,18,20). The van der Waals surface area contributed by atoms with Crippen LogP contribution in [-0.2, 0) is 6.42 Å². The summed E-state index contributed by atoms with van der Waals surface area (Å²) >= 11 is 0. The van der Waals surface area contributed by atoms with Gasteiger partial charge in [0.2, 0.25) is 0 Å². The molecule has 104 valence electrons. The van der Waals surface area contributed by atoms with Crippen molar-refractivity contribution in [2.24, 2.45) is 0 Å². The normalized spacial score (nSPS) is 10.2. The average molecular weight is 270 g/mol. The number of anilines is 1. The van der Waals surface area contributed by atoms with Gasteiger partial charge in [-0.05, 0) is 43.2 Å². The summed E-state index contributed by atoms with van der Waals surface area (Å²) in [6.45, 7) is 2.45. The molecule has 2 aromatic rings. The quantitative estimate of drug-likeness (QED) is 0.746. The molecule has 0 spiro atoms. The summed E-state index contributed by atoms with van der Waals surface area (Å²) in [5, 5.41) is 12.0. The summed E-state index contributed by atoms with van der Waals surface area (Å²) in [5.74, 6) is 0.0790. The predicted molar refractivity (Wildman–Crippen MR) is 79.7 cm³/mol. The third-order valence-electron chi connectivity index (χ3n) is 3.09. The molecule has 20 heavy (non-hydrogen) atoms. The van der Waals surface area contributed by atoms with Gasteiger partial charge in [-0.15, -0.1) is 0 Å². The molecule has 0 fully saturated rings. The fraction of sp³-hybridized carbons (Fsp3) is 0.188. The minimum Gasteiger partial charge on any atom is -0.508 e. The van der Waals surface area contributed by atoms with E-state index in [-0.39, 0.29) is 11.7 Å². The zero-order valence-corrected chi connectivity index (χ0v) is 11.4. The Morgan fingerprint density at radius 1 is 1.20 bits per heavy atom. The molecule has 0 heterocycles. The second-order valence-corrected chi connectivity index (χ2v) is 4.76. The van der Waals surface area contributed by atoms with E-state index >= 15 is 0 Å². The molecule has 4 nitrogen and oxygen atoms in total. The molecule has 2 aromatic carbocycles.